The van der Waals surface area contributed by atoms with E-state index in [-0.39, 0.29) is 5.91 Å². The van der Waals surface area contributed by atoms with Crippen LogP contribution in [0.15, 0.2) is 79.4 Å². The third-order valence-corrected chi connectivity index (χ3v) is 3.37. The quantitative estimate of drug-likeness (QED) is 0.732. The number of anilines is 1. The molecular formula is C19H17N3O. The molecule has 0 aliphatic heterocycles. The number of carbonyl (C=O) groups is 1. The lowest BCUT2D eigenvalue weighted by atomic mass is 10.2. The molecular weight excluding hydrogens is 286 g/mol. The van der Waals surface area contributed by atoms with Gasteiger partial charge in [0.05, 0.1) is 6.33 Å². The summed E-state index contributed by atoms with van der Waals surface area (Å²) in [4.78, 5) is 15.9. The number of nitrogens with one attached hydrogen (secondary N) is 1. The van der Waals surface area contributed by atoms with Gasteiger partial charge in [0, 0.05) is 30.7 Å². The van der Waals surface area contributed by atoms with Gasteiger partial charge in [-0.3, -0.25) is 4.79 Å². The third-order valence-electron chi connectivity index (χ3n) is 3.37. The highest BCUT2D eigenvalue weighted by atomic mass is 16.1. The molecule has 0 unspecified atom stereocenters. The monoisotopic (exact) mass is 303 g/mol. The van der Waals surface area contributed by atoms with Crippen LogP contribution < -0.4 is 5.32 Å². The Morgan fingerprint density at radius 3 is 2.57 bits per heavy atom. The second kappa shape index (κ2) is 7.22. The minimum Gasteiger partial charge on any atom is -0.333 e. The van der Waals surface area contributed by atoms with E-state index in [1.54, 1.807) is 18.6 Å². The van der Waals surface area contributed by atoms with Crippen LogP contribution in [-0.4, -0.2) is 15.5 Å². The number of imidazole rings is 1. The van der Waals surface area contributed by atoms with Gasteiger partial charge in [-0.1, -0.05) is 42.5 Å². The first-order valence-corrected chi connectivity index (χ1v) is 7.38. The Balaban J connectivity index is 1.57. The number of amides is 1. The molecule has 0 spiro atoms. The van der Waals surface area contributed by atoms with Gasteiger partial charge in [-0.15, -0.1) is 0 Å². The van der Waals surface area contributed by atoms with E-state index < -0.39 is 0 Å². The molecule has 1 amide bonds. The number of rotatable bonds is 5. The summed E-state index contributed by atoms with van der Waals surface area (Å²) in [5.74, 6) is -0.142. The Morgan fingerprint density at radius 2 is 1.87 bits per heavy atom. The van der Waals surface area contributed by atoms with E-state index in [2.05, 4.69) is 10.3 Å². The first kappa shape index (κ1) is 14.8. The number of nitrogens with zero attached hydrogens (tertiary/aromatic N) is 2. The van der Waals surface area contributed by atoms with Crippen LogP contribution in [-0.2, 0) is 11.3 Å². The molecule has 0 aliphatic rings. The van der Waals surface area contributed by atoms with Crippen molar-refractivity contribution in [1.82, 2.24) is 9.55 Å². The summed E-state index contributed by atoms with van der Waals surface area (Å²) in [6, 6.07) is 17.5. The van der Waals surface area contributed by atoms with Crippen LogP contribution >= 0.6 is 0 Å². The predicted molar refractivity (Wildman–Crippen MR) is 91.9 cm³/mol. The molecule has 0 aliphatic carbocycles. The van der Waals surface area contributed by atoms with E-state index in [0.717, 1.165) is 23.4 Å². The molecule has 23 heavy (non-hydrogen) atoms. The molecule has 3 aromatic rings. The van der Waals surface area contributed by atoms with Crippen molar-refractivity contribution in [3.63, 3.8) is 0 Å². The molecule has 0 saturated carbocycles. The zero-order valence-electron chi connectivity index (χ0n) is 12.6. The van der Waals surface area contributed by atoms with Gasteiger partial charge >= 0.3 is 0 Å². The lowest BCUT2D eigenvalue weighted by Crippen LogP contribution is -2.07. The second-order valence-electron chi connectivity index (χ2n) is 5.17. The molecule has 1 N–H and O–H groups in total. The van der Waals surface area contributed by atoms with Crippen LogP contribution in [0.4, 0.5) is 5.69 Å². The molecule has 1 heterocycles. The number of aromatic nitrogens is 2. The lowest BCUT2D eigenvalue weighted by Gasteiger charge is -2.05. The molecule has 2 aromatic carbocycles. The van der Waals surface area contributed by atoms with Gasteiger partial charge in [-0.05, 0) is 29.3 Å². The van der Waals surface area contributed by atoms with Gasteiger partial charge < -0.3 is 9.88 Å². The smallest absolute Gasteiger partial charge is 0.248 e. The SMILES string of the molecule is O=C(/C=C\c1ccccc1)Nc1ccc(Cn2ccnc2)cc1. The van der Waals surface area contributed by atoms with E-state index in [1.165, 1.54) is 6.08 Å². The predicted octanol–water partition coefficient (Wildman–Crippen LogP) is 3.58. The lowest BCUT2D eigenvalue weighted by molar-refractivity contribution is -0.111. The number of hydrogen-bond acceptors (Lipinski definition) is 2. The largest absolute Gasteiger partial charge is 0.333 e. The summed E-state index contributed by atoms with van der Waals surface area (Å²) in [6.07, 6.45) is 8.79. The normalized spacial score (nSPS) is 10.8. The minimum absolute atomic E-state index is 0.142. The molecule has 0 saturated heterocycles. The summed E-state index contributed by atoms with van der Waals surface area (Å²) in [7, 11) is 0. The van der Waals surface area contributed by atoms with E-state index in [4.69, 9.17) is 0 Å². The van der Waals surface area contributed by atoms with Crippen molar-refractivity contribution in [2.45, 2.75) is 6.54 Å². The summed E-state index contributed by atoms with van der Waals surface area (Å²) < 4.78 is 2.00. The third kappa shape index (κ3) is 4.41. The van der Waals surface area contributed by atoms with E-state index in [1.807, 2.05) is 65.4 Å². The first-order chi connectivity index (χ1) is 11.3. The van der Waals surface area contributed by atoms with E-state index >= 15 is 0 Å². The van der Waals surface area contributed by atoms with Crippen LogP contribution in [0.2, 0.25) is 0 Å². The van der Waals surface area contributed by atoms with Gasteiger partial charge in [0.2, 0.25) is 5.91 Å². The highest BCUT2D eigenvalue weighted by molar-refractivity contribution is 6.01. The summed E-state index contributed by atoms with van der Waals surface area (Å²) in [5, 5.41) is 2.85. The fourth-order valence-corrected chi connectivity index (χ4v) is 2.20. The molecule has 3 rings (SSSR count). The second-order valence-corrected chi connectivity index (χ2v) is 5.17. The maximum atomic E-state index is 11.9. The van der Waals surface area contributed by atoms with Crippen molar-refractivity contribution in [1.29, 1.82) is 0 Å². The van der Waals surface area contributed by atoms with Crippen molar-refractivity contribution in [3.05, 3.63) is 90.5 Å². The molecule has 4 heteroatoms. The van der Waals surface area contributed by atoms with Crippen molar-refractivity contribution in [2.75, 3.05) is 5.32 Å². The maximum Gasteiger partial charge on any atom is 0.248 e. The summed E-state index contributed by atoms with van der Waals surface area (Å²) in [5.41, 5.74) is 2.93. The zero-order chi connectivity index (χ0) is 15.9. The van der Waals surface area contributed by atoms with Crippen molar-refractivity contribution in [2.24, 2.45) is 0 Å². The Hall–Kier alpha value is -3.14. The minimum atomic E-state index is -0.142. The first-order valence-electron chi connectivity index (χ1n) is 7.38. The Labute approximate surface area is 135 Å². The van der Waals surface area contributed by atoms with Crippen molar-refractivity contribution < 1.29 is 4.79 Å². The van der Waals surface area contributed by atoms with Crippen molar-refractivity contribution >= 4 is 17.7 Å². The van der Waals surface area contributed by atoms with Crippen molar-refractivity contribution in [3.8, 4) is 0 Å². The highest BCUT2D eigenvalue weighted by Gasteiger charge is 1.99. The number of hydrogen-bond donors (Lipinski definition) is 1. The number of carbonyl (C=O) groups excluding carboxylic acids is 1. The fourth-order valence-electron chi connectivity index (χ4n) is 2.20. The van der Waals surface area contributed by atoms with Gasteiger partial charge in [0.25, 0.3) is 0 Å². The zero-order valence-corrected chi connectivity index (χ0v) is 12.6. The van der Waals surface area contributed by atoms with Gasteiger partial charge in [-0.25, -0.2) is 4.98 Å². The Bertz CT molecular complexity index is 775. The standard InChI is InChI=1S/C19H17N3O/c23-19(11-8-16-4-2-1-3-5-16)21-18-9-6-17(7-10-18)14-22-13-12-20-15-22/h1-13,15H,14H2,(H,21,23)/b11-8-. The van der Waals surface area contributed by atoms with Crippen LogP contribution in [0.25, 0.3) is 6.08 Å². The van der Waals surface area contributed by atoms with Gasteiger partial charge in [0.15, 0.2) is 0 Å². The molecule has 0 radical (unpaired) electrons. The molecule has 0 fully saturated rings. The molecule has 4 nitrogen and oxygen atoms in total. The van der Waals surface area contributed by atoms with E-state index in [9.17, 15) is 4.79 Å². The molecule has 0 bridgehead atoms. The maximum absolute atomic E-state index is 11.9. The van der Waals surface area contributed by atoms with Crippen LogP contribution in [0.3, 0.4) is 0 Å². The van der Waals surface area contributed by atoms with Gasteiger partial charge in [-0.2, -0.15) is 0 Å². The van der Waals surface area contributed by atoms with E-state index in [0.29, 0.717) is 0 Å². The summed E-state index contributed by atoms with van der Waals surface area (Å²) in [6.45, 7) is 0.766. The van der Waals surface area contributed by atoms with Crippen LogP contribution in [0.5, 0.6) is 0 Å². The van der Waals surface area contributed by atoms with Crippen LogP contribution in [0.1, 0.15) is 11.1 Å². The topological polar surface area (TPSA) is 46.9 Å². The van der Waals surface area contributed by atoms with Gasteiger partial charge in [0.1, 0.15) is 0 Å². The average Bonchev–Trinajstić information content (AvgIpc) is 3.09. The number of benzene rings is 2. The molecule has 0 atom stereocenters. The Kier molecular flexibility index (Phi) is 4.64. The molecule has 114 valence electrons. The Morgan fingerprint density at radius 1 is 1.09 bits per heavy atom. The summed E-state index contributed by atoms with van der Waals surface area (Å²) >= 11 is 0. The molecule has 1 aromatic heterocycles. The highest BCUT2D eigenvalue weighted by Crippen LogP contribution is 2.11. The fraction of sp³-hybridized carbons (Fsp3) is 0.0526. The average molecular weight is 303 g/mol. The van der Waals surface area contributed by atoms with Crippen LogP contribution in [0, 0.1) is 0 Å².